The van der Waals surface area contributed by atoms with Gasteiger partial charge in [-0.1, -0.05) is 38.0 Å². The van der Waals surface area contributed by atoms with Crippen molar-refractivity contribution < 1.29 is 4.74 Å². The Hall–Kier alpha value is -1.28. The maximum absolute atomic E-state index is 5.90. The van der Waals surface area contributed by atoms with Crippen LogP contribution in [0.5, 0.6) is 0 Å². The third-order valence-electron chi connectivity index (χ3n) is 5.45. The Morgan fingerprint density at radius 2 is 2.11 bits per heavy atom. The number of nitrogens with zero attached hydrogens (tertiary/aromatic N) is 1. The first-order valence-electron chi connectivity index (χ1n) is 7.39. The van der Waals surface area contributed by atoms with E-state index in [2.05, 4.69) is 41.8 Å². The molecule has 2 nitrogen and oxygen atoms in total. The van der Waals surface area contributed by atoms with Crippen molar-refractivity contribution in [1.29, 1.82) is 0 Å². The van der Waals surface area contributed by atoms with E-state index >= 15 is 0 Å². The molecule has 0 saturated heterocycles. The maximum Gasteiger partial charge on any atom is 0.137 e. The zero-order valence-corrected chi connectivity index (χ0v) is 11.7. The smallest absolute Gasteiger partial charge is 0.137 e. The van der Waals surface area contributed by atoms with Gasteiger partial charge in [-0.05, 0) is 30.4 Å². The standard InChI is InChI=1S/C17H21NO/c1-17-10-6-5-8-13(17)16(19-2)18-14-9-4-3-7-12(14)11-15(17)18/h3-4,7,9,11,13,16H,5-6,8,10H2,1-2H3/t13-,16+,17-/m0/s1. The molecular weight excluding hydrogens is 234 g/mol. The van der Waals surface area contributed by atoms with E-state index in [4.69, 9.17) is 4.74 Å². The van der Waals surface area contributed by atoms with Gasteiger partial charge in [-0.2, -0.15) is 0 Å². The van der Waals surface area contributed by atoms with Crippen LogP contribution in [0.3, 0.4) is 0 Å². The highest BCUT2D eigenvalue weighted by molar-refractivity contribution is 5.82. The summed E-state index contributed by atoms with van der Waals surface area (Å²) in [5, 5.41) is 1.35. The molecule has 2 aliphatic rings. The lowest BCUT2D eigenvalue weighted by Gasteiger charge is -2.37. The molecule has 19 heavy (non-hydrogen) atoms. The first-order chi connectivity index (χ1) is 9.25. The van der Waals surface area contributed by atoms with E-state index in [-0.39, 0.29) is 6.23 Å². The quantitative estimate of drug-likeness (QED) is 0.743. The number of hydrogen-bond acceptors (Lipinski definition) is 1. The molecule has 0 bridgehead atoms. The van der Waals surface area contributed by atoms with Crippen LogP contribution in [0.15, 0.2) is 30.3 Å². The SMILES string of the molecule is CO[C@@H]1[C@@H]2CCCC[C@]2(C)c2cc3ccccc3n21. The fourth-order valence-electron chi connectivity index (χ4n) is 4.48. The molecule has 0 N–H and O–H groups in total. The van der Waals surface area contributed by atoms with Crippen LogP contribution in [0.2, 0.25) is 0 Å². The largest absolute Gasteiger partial charge is 0.361 e. The van der Waals surface area contributed by atoms with Crippen LogP contribution < -0.4 is 0 Å². The summed E-state index contributed by atoms with van der Waals surface area (Å²) in [7, 11) is 1.86. The van der Waals surface area contributed by atoms with Gasteiger partial charge in [0, 0.05) is 24.1 Å². The number of rotatable bonds is 1. The summed E-state index contributed by atoms with van der Waals surface area (Å²) in [6.07, 6.45) is 5.52. The third-order valence-corrected chi connectivity index (χ3v) is 5.45. The number of hydrogen-bond donors (Lipinski definition) is 0. The molecule has 1 aromatic carbocycles. The van der Waals surface area contributed by atoms with Gasteiger partial charge >= 0.3 is 0 Å². The summed E-state index contributed by atoms with van der Waals surface area (Å²) in [4.78, 5) is 0. The summed E-state index contributed by atoms with van der Waals surface area (Å²) in [5.74, 6) is 0.644. The number of methoxy groups -OCH3 is 1. The first-order valence-corrected chi connectivity index (χ1v) is 7.39. The van der Waals surface area contributed by atoms with Crippen molar-refractivity contribution in [3.05, 3.63) is 36.0 Å². The fraction of sp³-hybridized carbons (Fsp3) is 0.529. The molecule has 1 aliphatic heterocycles. The molecule has 2 heterocycles. The molecule has 0 unspecified atom stereocenters. The minimum Gasteiger partial charge on any atom is -0.361 e. The normalized spacial score (nSPS) is 33.4. The molecule has 3 atom stereocenters. The van der Waals surface area contributed by atoms with Crippen molar-refractivity contribution >= 4 is 10.9 Å². The van der Waals surface area contributed by atoms with Gasteiger partial charge < -0.3 is 9.30 Å². The van der Waals surface area contributed by atoms with Gasteiger partial charge in [-0.15, -0.1) is 0 Å². The van der Waals surface area contributed by atoms with Crippen molar-refractivity contribution in [3.63, 3.8) is 0 Å². The number of para-hydroxylation sites is 1. The van der Waals surface area contributed by atoms with Crippen LogP contribution in [-0.4, -0.2) is 11.7 Å². The molecule has 2 aromatic rings. The van der Waals surface area contributed by atoms with E-state index in [9.17, 15) is 0 Å². The van der Waals surface area contributed by atoms with Gasteiger partial charge in [-0.25, -0.2) is 0 Å². The predicted molar refractivity (Wildman–Crippen MR) is 77.3 cm³/mol. The van der Waals surface area contributed by atoms with E-state index in [1.54, 1.807) is 0 Å². The highest BCUT2D eigenvalue weighted by Crippen LogP contribution is 2.55. The van der Waals surface area contributed by atoms with Crippen molar-refractivity contribution in [2.24, 2.45) is 5.92 Å². The van der Waals surface area contributed by atoms with Crippen molar-refractivity contribution in [2.45, 2.75) is 44.2 Å². The van der Waals surface area contributed by atoms with E-state index in [1.807, 2.05) is 7.11 Å². The third kappa shape index (κ3) is 1.35. The lowest BCUT2D eigenvalue weighted by Crippen LogP contribution is -2.33. The van der Waals surface area contributed by atoms with E-state index in [0.29, 0.717) is 11.3 Å². The zero-order chi connectivity index (χ0) is 13.0. The highest BCUT2D eigenvalue weighted by Gasteiger charge is 2.51. The maximum atomic E-state index is 5.90. The number of aromatic nitrogens is 1. The molecule has 1 fully saturated rings. The summed E-state index contributed by atoms with van der Waals surface area (Å²) in [6, 6.07) is 11.1. The molecule has 0 radical (unpaired) electrons. The van der Waals surface area contributed by atoms with Gasteiger partial charge in [0.05, 0.1) is 5.52 Å². The van der Waals surface area contributed by atoms with Crippen molar-refractivity contribution in [3.8, 4) is 0 Å². The fourth-order valence-corrected chi connectivity index (χ4v) is 4.48. The Labute approximate surface area is 114 Å². The van der Waals surface area contributed by atoms with E-state index < -0.39 is 0 Å². The second-order valence-electron chi connectivity index (χ2n) is 6.35. The highest BCUT2D eigenvalue weighted by atomic mass is 16.5. The zero-order valence-electron chi connectivity index (χ0n) is 11.7. The Balaban J connectivity index is 2.00. The number of ether oxygens (including phenoxy) is 1. The van der Waals surface area contributed by atoms with E-state index in [0.717, 1.165) is 0 Å². The van der Waals surface area contributed by atoms with Crippen LogP contribution in [0.1, 0.15) is 44.5 Å². The van der Waals surface area contributed by atoms with Crippen LogP contribution in [0.4, 0.5) is 0 Å². The first kappa shape index (κ1) is 11.5. The van der Waals surface area contributed by atoms with Crippen LogP contribution in [0, 0.1) is 5.92 Å². The summed E-state index contributed by atoms with van der Waals surface area (Å²) in [6.45, 7) is 2.44. The van der Waals surface area contributed by atoms with Gasteiger partial charge in [0.15, 0.2) is 0 Å². The average molecular weight is 255 g/mol. The molecule has 1 aliphatic carbocycles. The summed E-state index contributed by atoms with van der Waals surface area (Å²) < 4.78 is 8.37. The molecule has 4 rings (SSSR count). The van der Waals surface area contributed by atoms with Crippen molar-refractivity contribution in [2.75, 3.05) is 7.11 Å². The average Bonchev–Trinajstić information content (AvgIpc) is 2.92. The second kappa shape index (κ2) is 3.86. The molecule has 2 heteroatoms. The van der Waals surface area contributed by atoms with Gasteiger partial charge in [0.2, 0.25) is 0 Å². The van der Waals surface area contributed by atoms with Gasteiger partial charge in [-0.3, -0.25) is 0 Å². The lowest BCUT2D eigenvalue weighted by molar-refractivity contribution is -0.0158. The van der Waals surface area contributed by atoms with Crippen LogP contribution in [-0.2, 0) is 10.2 Å². The number of benzene rings is 1. The second-order valence-corrected chi connectivity index (χ2v) is 6.35. The Morgan fingerprint density at radius 1 is 1.26 bits per heavy atom. The molecular formula is C17H21NO. The molecule has 100 valence electrons. The summed E-state index contributed by atoms with van der Waals surface area (Å²) in [5.41, 5.74) is 3.13. The molecule has 0 spiro atoms. The topological polar surface area (TPSA) is 14.2 Å². The Bertz CT molecular complexity index is 629. The Morgan fingerprint density at radius 3 is 2.95 bits per heavy atom. The van der Waals surface area contributed by atoms with Crippen LogP contribution in [0.25, 0.3) is 10.9 Å². The molecule has 1 aromatic heterocycles. The lowest BCUT2D eigenvalue weighted by atomic mass is 9.67. The van der Waals surface area contributed by atoms with Crippen LogP contribution >= 0.6 is 0 Å². The van der Waals surface area contributed by atoms with E-state index in [1.165, 1.54) is 42.3 Å². The Kier molecular flexibility index (Phi) is 2.34. The molecule has 1 saturated carbocycles. The minimum atomic E-state index is 0.222. The monoisotopic (exact) mass is 255 g/mol. The van der Waals surface area contributed by atoms with Gasteiger partial charge in [0.1, 0.15) is 6.23 Å². The van der Waals surface area contributed by atoms with Crippen molar-refractivity contribution in [1.82, 2.24) is 4.57 Å². The predicted octanol–water partition coefficient (Wildman–Crippen LogP) is 4.25. The van der Waals surface area contributed by atoms with Gasteiger partial charge in [0.25, 0.3) is 0 Å². The summed E-state index contributed by atoms with van der Waals surface area (Å²) >= 11 is 0. The molecule has 0 amide bonds. The number of fused-ring (bicyclic) bond motifs is 5. The minimum absolute atomic E-state index is 0.222.